The van der Waals surface area contributed by atoms with Crippen LogP contribution in [0.25, 0.3) is 11.1 Å². The van der Waals surface area contributed by atoms with Gasteiger partial charge >= 0.3 is 5.97 Å². The molecule has 0 aliphatic heterocycles. The van der Waals surface area contributed by atoms with Crippen molar-refractivity contribution in [1.29, 1.82) is 0 Å². The number of H-pyrrole nitrogens is 1. The fourth-order valence-electron chi connectivity index (χ4n) is 1.74. The van der Waals surface area contributed by atoms with Crippen LogP contribution in [-0.4, -0.2) is 17.6 Å². The molecule has 1 aromatic heterocycles. The molecule has 0 unspecified atom stereocenters. The fraction of sp³-hybridized carbons (Fsp3) is 0.143. The van der Waals surface area contributed by atoms with Gasteiger partial charge in [0.1, 0.15) is 0 Å². The zero-order valence-electron chi connectivity index (χ0n) is 10.6. The lowest BCUT2D eigenvalue weighted by Crippen LogP contribution is -2.13. The molecule has 104 valence electrons. The number of nitrogens with one attached hydrogen (secondary N) is 1. The number of aromatic amines is 1. The van der Waals surface area contributed by atoms with Gasteiger partial charge in [-0.3, -0.25) is 4.79 Å². The van der Waals surface area contributed by atoms with Crippen molar-refractivity contribution in [2.75, 3.05) is 6.61 Å². The molecule has 0 aliphatic rings. The predicted molar refractivity (Wildman–Crippen MR) is 78.5 cm³/mol. The Labute approximate surface area is 125 Å². The molecule has 0 atom stereocenters. The number of esters is 1. The average Bonchev–Trinajstić information content (AvgIpc) is 2.38. The van der Waals surface area contributed by atoms with Crippen molar-refractivity contribution in [2.24, 2.45) is 0 Å². The first-order chi connectivity index (χ1) is 9.51. The molecule has 4 nitrogen and oxygen atoms in total. The van der Waals surface area contributed by atoms with Gasteiger partial charge in [-0.25, -0.2) is 4.79 Å². The van der Waals surface area contributed by atoms with Crippen LogP contribution in [0.2, 0.25) is 10.0 Å². The third-order valence-electron chi connectivity index (χ3n) is 2.59. The van der Waals surface area contributed by atoms with Crippen molar-refractivity contribution in [3.63, 3.8) is 0 Å². The highest BCUT2D eigenvalue weighted by molar-refractivity contribution is 6.35. The van der Waals surface area contributed by atoms with E-state index in [1.807, 2.05) is 0 Å². The third kappa shape index (κ3) is 3.21. The number of aromatic nitrogens is 1. The molecule has 2 rings (SSSR count). The summed E-state index contributed by atoms with van der Waals surface area (Å²) in [6.45, 7) is 1.97. The van der Waals surface area contributed by atoms with Crippen LogP contribution in [0.5, 0.6) is 0 Å². The number of ether oxygens (including phenoxy) is 1. The Morgan fingerprint density at radius 1 is 1.20 bits per heavy atom. The minimum atomic E-state index is -0.502. The van der Waals surface area contributed by atoms with Gasteiger partial charge in [-0.15, -0.1) is 0 Å². The van der Waals surface area contributed by atoms with Gasteiger partial charge in [-0.2, -0.15) is 0 Å². The lowest BCUT2D eigenvalue weighted by molar-refractivity contribution is 0.0526. The summed E-state index contributed by atoms with van der Waals surface area (Å²) in [5.41, 5.74) is 0.767. The van der Waals surface area contributed by atoms with Crippen molar-refractivity contribution >= 4 is 29.2 Å². The van der Waals surface area contributed by atoms with E-state index in [1.165, 1.54) is 12.3 Å². The summed E-state index contributed by atoms with van der Waals surface area (Å²) in [5.74, 6) is -0.502. The van der Waals surface area contributed by atoms with Gasteiger partial charge in [0.2, 0.25) is 0 Å². The number of carbonyl (C=O) groups excluding carboxylic acids is 1. The maximum atomic E-state index is 11.9. The summed E-state index contributed by atoms with van der Waals surface area (Å²) in [5, 5.41) is 0.821. The van der Waals surface area contributed by atoms with Crippen LogP contribution in [0.15, 0.2) is 35.3 Å². The van der Waals surface area contributed by atoms with Gasteiger partial charge in [0, 0.05) is 21.8 Å². The van der Waals surface area contributed by atoms with Crippen molar-refractivity contribution in [2.45, 2.75) is 6.92 Å². The van der Waals surface area contributed by atoms with Crippen LogP contribution in [0.1, 0.15) is 17.3 Å². The van der Waals surface area contributed by atoms with Crippen LogP contribution >= 0.6 is 23.2 Å². The normalized spacial score (nSPS) is 10.3. The molecule has 0 aliphatic carbocycles. The number of hydrogen-bond donors (Lipinski definition) is 1. The second-order valence-electron chi connectivity index (χ2n) is 4.01. The second kappa shape index (κ2) is 6.11. The summed E-state index contributed by atoms with van der Waals surface area (Å²) in [4.78, 5) is 26.1. The second-order valence-corrected chi connectivity index (χ2v) is 4.88. The van der Waals surface area contributed by atoms with Crippen LogP contribution < -0.4 is 5.56 Å². The van der Waals surface area contributed by atoms with E-state index in [9.17, 15) is 9.59 Å². The Morgan fingerprint density at radius 3 is 2.45 bits per heavy atom. The van der Waals surface area contributed by atoms with Gasteiger partial charge in [-0.05, 0) is 36.8 Å². The highest BCUT2D eigenvalue weighted by atomic mass is 35.5. The molecular formula is C14H11Cl2NO3. The van der Waals surface area contributed by atoms with E-state index >= 15 is 0 Å². The van der Waals surface area contributed by atoms with Crippen molar-refractivity contribution < 1.29 is 9.53 Å². The lowest BCUT2D eigenvalue weighted by atomic mass is 10.1. The van der Waals surface area contributed by atoms with Gasteiger partial charge in [0.15, 0.2) is 0 Å². The van der Waals surface area contributed by atoms with Gasteiger partial charge in [-0.1, -0.05) is 23.2 Å². The van der Waals surface area contributed by atoms with Crippen molar-refractivity contribution in [3.8, 4) is 11.1 Å². The number of pyridine rings is 1. The van der Waals surface area contributed by atoms with Crippen molar-refractivity contribution in [1.82, 2.24) is 4.98 Å². The maximum absolute atomic E-state index is 11.9. The molecule has 1 heterocycles. The Kier molecular flexibility index (Phi) is 4.47. The van der Waals surface area contributed by atoms with E-state index in [4.69, 9.17) is 27.9 Å². The van der Waals surface area contributed by atoms with E-state index in [0.717, 1.165) is 0 Å². The summed E-state index contributed by atoms with van der Waals surface area (Å²) in [7, 11) is 0. The van der Waals surface area contributed by atoms with Gasteiger partial charge in [0.05, 0.1) is 12.2 Å². The standard InChI is InChI=1S/C14H11Cl2NO3/c1-2-20-14(19)9-5-12(13(18)17-7-9)8-3-10(15)6-11(16)4-8/h3-7H,2H2,1H3,(H,17,18). The Bertz CT molecular complexity index is 690. The number of hydrogen-bond acceptors (Lipinski definition) is 3. The molecule has 0 bridgehead atoms. The smallest absolute Gasteiger partial charge is 0.339 e. The molecule has 20 heavy (non-hydrogen) atoms. The van der Waals surface area contributed by atoms with E-state index in [2.05, 4.69) is 4.98 Å². The van der Waals surface area contributed by atoms with E-state index in [1.54, 1.807) is 25.1 Å². The maximum Gasteiger partial charge on any atom is 0.339 e. The van der Waals surface area contributed by atoms with Gasteiger partial charge in [0.25, 0.3) is 5.56 Å². The van der Waals surface area contributed by atoms with E-state index in [-0.39, 0.29) is 17.7 Å². The SMILES string of the molecule is CCOC(=O)c1c[nH]c(=O)c(-c2cc(Cl)cc(Cl)c2)c1. The minimum absolute atomic E-state index is 0.260. The van der Waals surface area contributed by atoms with Crippen LogP contribution in [-0.2, 0) is 4.74 Å². The highest BCUT2D eigenvalue weighted by Crippen LogP contribution is 2.25. The first kappa shape index (κ1) is 14.6. The largest absolute Gasteiger partial charge is 0.462 e. The molecule has 2 aromatic rings. The van der Waals surface area contributed by atoms with Crippen LogP contribution in [0.4, 0.5) is 0 Å². The molecule has 0 fully saturated rings. The zero-order chi connectivity index (χ0) is 14.7. The molecule has 0 radical (unpaired) electrons. The van der Waals surface area contributed by atoms with Gasteiger partial charge < -0.3 is 9.72 Å². The molecular weight excluding hydrogens is 301 g/mol. The Balaban J connectivity index is 2.53. The first-order valence-electron chi connectivity index (χ1n) is 5.87. The van der Waals surface area contributed by atoms with Crippen LogP contribution in [0, 0.1) is 0 Å². The van der Waals surface area contributed by atoms with Crippen molar-refractivity contribution in [3.05, 3.63) is 56.4 Å². The summed E-state index contributed by atoms with van der Waals surface area (Å²) in [6, 6.07) is 6.23. The number of rotatable bonds is 3. The minimum Gasteiger partial charge on any atom is -0.462 e. The molecule has 0 saturated carbocycles. The molecule has 0 spiro atoms. The lowest BCUT2D eigenvalue weighted by Gasteiger charge is -2.06. The zero-order valence-corrected chi connectivity index (χ0v) is 12.1. The number of carbonyl (C=O) groups is 1. The first-order valence-corrected chi connectivity index (χ1v) is 6.63. The quantitative estimate of drug-likeness (QED) is 0.882. The highest BCUT2D eigenvalue weighted by Gasteiger charge is 2.12. The van der Waals surface area contributed by atoms with E-state index < -0.39 is 5.97 Å². The molecule has 0 amide bonds. The third-order valence-corrected chi connectivity index (χ3v) is 3.02. The molecule has 1 N–H and O–H groups in total. The Hall–Kier alpha value is -1.78. The molecule has 1 aromatic carbocycles. The summed E-state index contributed by atoms with van der Waals surface area (Å²) in [6.07, 6.45) is 1.32. The fourth-order valence-corrected chi connectivity index (χ4v) is 2.27. The Morgan fingerprint density at radius 2 is 1.85 bits per heavy atom. The topological polar surface area (TPSA) is 59.2 Å². The van der Waals surface area contributed by atoms with E-state index in [0.29, 0.717) is 21.2 Å². The van der Waals surface area contributed by atoms with Crippen LogP contribution in [0.3, 0.4) is 0 Å². The molecule has 6 heteroatoms. The summed E-state index contributed by atoms with van der Waals surface area (Å²) < 4.78 is 4.89. The monoisotopic (exact) mass is 311 g/mol. The average molecular weight is 312 g/mol. The number of benzene rings is 1. The summed E-state index contributed by atoms with van der Waals surface area (Å²) >= 11 is 11.8. The number of halogens is 2. The molecule has 0 saturated heterocycles. The predicted octanol–water partition coefficient (Wildman–Crippen LogP) is 3.53.